The molecule has 2 aliphatic rings. The van der Waals surface area contributed by atoms with E-state index in [1.807, 2.05) is 0 Å². The molecule has 0 saturated carbocycles. The van der Waals surface area contributed by atoms with Gasteiger partial charge in [-0.05, 0) is 62.4 Å². The van der Waals surface area contributed by atoms with Crippen LogP contribution in [-0.2, 0) is 28.5 Å². The number of esters is 1. The minimum atomic E-state index is -1.08. The molecule has 0 aliphatic carbocycles. The number of rotatable bonds is 9. The Hall–Kier alpha value is -3.63. The fraction of sp³-hybridized carbons (Fsp3) is 0.320. The van der Waals surface area contributed by atoms with Crippen LogP contribution in [0.4, 0.5) is 8.78 Å². The van der Waals surface area contributed by atoms with Gasteiger partial charge in [0.15, 0.2) is 42.4 Å². The molecule has 0 aromatic heterocycles. The quantitative estimate of drug-likeness (QED) is 0.392. The van der Waals surface area contributed by atoms with Crippen LogP contribution in [0.15, 0.2) is 60.0 Å². The predicted octanol–water partition coefficient (Wildman–Crippen LogP) is 3.35. The molecule has 0 spiro atoms. The Labute approximate surface area is 199 Å². The highest BCUT2D eigenvalue weighted by atomic mass is 19.1. The lowest BCUT2D eigenvalue weighted by molar-refractivity contribution is -0.163. The van der Waals surface area contributed by atoms with Gasteiger partial charge in [-0.2, -0.15) is 0 Å². The van der Waals surface area contributed by atoms with Gasteiger partial charge < -0.3 is 23.7 Å². The molecule has 2 aromatic rings. The van der Waals surface area contributed by atoms with Crippen LogP contribution in [0.2, 0.25) is 0 Å². The van der Waals surface area contributed by atoms with Crippen molar-refractivity contribution in [2.75, 3.05) is 19.8 Å². The molecule has 4 rings (SSSR count). The van der Waals surface area contributed by atoms with E-state index in [2.05, 4.69) is 0 Å². The number of hydrogen-bond acceptors (Lipinski definition) is 8. The van der Waals surface area contributed by atoms with Crippen LogP contribution in [0.5, 0.6) is 0 Å². The average molecular weight is 488 g/mol. The van der Waals surface area contributed by atoms with E-state index in [1.165, 1.54) is 24.3 Å². The molecule has 0 unspecified atom stereocenters. The maximum Gasteiger partial charge on any atom is 0.378 e. The standard InChI is InChI=1S/C25H22F2O8/c1-25(2)33-13-20(35-25)21-22(31-11-18(28)14-3-7-16(26)8-4-14)23(24(30)34-21)32-12-19(29)15-5-9-17(27)10-6-15/h3-10,20-21H,11-13H2,1-2H3/t20-,21+/m1/s1. The van der Waals surface area contributed by atoms with E-state index in [-0.39, 0.29) is 29.3 Å². The first kappa shape index (κ1) is 24.5. The highest BCUT2D eigenvalue weighted by Crippen LogP contribution is 2.34. The van der Waals surface area contributed by atoms with Gasteiger partial charge in [0.2, 0.25) is 5.76 Å². The lowest BCUT2D eigenvalue weighted by Crippen LogP contribution is -2.33. The Morgan fingerprint density at radius 2 is 1.43 bits per heavy atom. The Bertz CT molecular complexity index is 1150. The van der Waals surface area contributed by atoms with Crippen molar-refractivity contribution in [3.05, 3.63) is 82.8 Å². The number of carbonyl (C=O) groups excluding carboxylic acids is 3. The Morgan fingerprint density at radius 3 is 1.91 bits per heavy atom. The molecule has 35 heavy (non-hydrogen) atoms. The second-order valence-electron chi connectivity index (χ2n) is 8.32. The molecule has 0 radical (unpaired) electrons. The topological polar surface area (TPSA) is 97.4 Å². The third-order valence-electron chi connectivity index (χ3n) is 5.31. The summed E-state index contributed by atoms with van der Waals surface area (Å²) in [5, 5.41) is 0. The zero-order valence-corrected chi connectivity index (χ0v) is 18.9. The van der Waals surface area contributed by atoms with Gasteiger partial charge in [-0.3, -0.25) is 9.59 Å². The van der Waals surface area contributed by atoms with E-state index >= 15 is 0 Å². The molecule has 2 atom stereocenters. The maximum absolute atomic E-state index is 13.2. The van der Waals surface area contributed by atoms with Crippen molar-refractivity contribution < 1.29 is 46.8 Å². The summed E-state index contributed by atoms with van der Waals surface area (Å²) in [7, 11) is 0. The fourth-order valence-corrected chi connectivity index (χ4v) is 3.56. The summed E-state index contributed by atoms with van der Waals surface area (Å²) in [5.41, 5.74) is 0.377. The van der Waals surface area contributed by atoms with Crippen LogP contribution in [0.3, 0.4) is 0 Å². The lowest BCUT2D eigenvalue weighted by Gasteiger charge is -2.21. The third kappa shape index (κ3) is 5.72. The summed E-state index contributed by atoms with van der Waals surface area (Å²) in [6.45, 7) is 2.38. The van der Waals surface area contributed by atoms with Gasteiger partial charge in [-0.1, -0.05) is 0 Å². The minimum absolute atomic E-state index is 0.0749. The van der Waals surface area contributed by atoms with Crippen LogP contribution in [0, 0.1) is 11.6 Å². The molecule has 0 bridgehead atoms. The SMILES string of the molecule is CC1(C)OC[C@H]([C@@H]2OC(=O)C(OCC(=O)c3ccc(F)cc3)=C2OCC(=O)c2ccc(F)cc2)O1. The molecular weight excluding hydrogens is 466 g/mol. The van der Waals surface area contributed by atoms with Crippen LogP contribution in [-0.4, -0.2) is 55.4 Å². The highest BCUT2D eigenvalue weighted by molar-refractivity contribution is 5.98. The molecule has 184 valence electrons. The normalized spacial score (nSPS) is 21.1. The van der Waals surface area contributed by atoms with E-state index in [4.69, 9.17) is 23.7 Å². The summed E-state index contributed by atoms with van der Waals surface area (Å²) >= 11 is 0. The van der Waals surface area contributed by atoms with Gasteiger partial charge in [0.05, 0.1) is 6.61 Å². The first-order valence-electron chi connectivity index (χ1n) is 10.7. The third-order valence-corrected chi connectivity index (χ3v) is 5.31. The van der Waals surface area contributed by atoms with Crippen molar-refractivity contribution in [2.45, 2.75) is 31.8 Å². The van der Waals surface area contributed by atoms with E-state index in [1.54, 1.807) is 13.8 Å². The summed E-state index contributed by atoms with van der Waals surface area (Å²) in [6.07, 6.45) is -1.83. The molecular formula is C25H22F2O8. The van der Waals surface area contributed by atoms with Gasteiger partial charge in [0.25, 0.3) is 0 Å². The monoisotopic (exact) mass is 488 g/mol. The average Bonchev–Trinajstić information content (AvgIpc) is 3.34. The Kier molecular flexibility index (Phi) is 6.95. The van der Waals surface area contributed by atoms with E-state index in [9.17, 15) is 23.2 Å². The fourth-order valence-electron chi connectivity index (χ4n) is 3.56. The molecule has 2 aromatic carbocycles. The van der Waals surface area contributed by atoms with Gasteiger partial charge in [-0.15, -0.1) is 0 Å². The summed E-state index contributed by atoms with van der Waals surface area (Å²) < 4.78 is 54.1. The van der Waals surface area contributed by atoms with Gasteiger partial charge in [0, 0.05) is 11.1 Å². The summed E-state index contributed by atoms with van der Waals surface area (Å²) in [6, 6.07) is 9.71. The molecule has 2 aliphatic heterocycles. The van der Waals surface area contributed by atoms with Crippen molar-refractivity contribution in [2.24, 2.45) is 0 Å². The highest BCUT2D eigenvalue weighted by Gasteiger charge is 2.48. The molecule has 0 N–H and O–H groups in total. The molecule has 1 saturated heterocycles. The van der Waals surface area contributed by atoms with E-state index in [0.29, 0.717) is 0 Å². The van der Waals surface area contributed by atoms with E-state index < -0.39 is 60.4 Å². The molecule has 1 fully saturated rings. The largest absolute Gasteiger partial charge is 0.482 e. The van der Waals surface area contributed by atoms with Crippen LogP contribution in [0.25, 0.3) is 0 Å². The van der Waals surface area contributed by atoms with Gasteiger partial charge >= 0.3 is 5.97 Å². The number of ether oxygens (including phenoxy) is 5. The summed E-state index contributed by atoms with van der Waals surface area (Å²) in [4.78, 5) is 37.6. The lowest BCUT2D eigenvalue weighted by atomic mass is 10.1. The number of hydrogen-bond donors (Lipinski definition) is 0. The summed E-state index contributed by atoms with van der Waals surface area (Å²) in [5.74, 6) is -4.35. The first-order valence-corrected chi connectivity index (χ1v) is 10.7. The van der Waals surface area contributed by atoms with Crippen LogP contribution in [0.1, 0.15) is 34.6 Å². The first-order chi connectivity index (χ1) is 16.6. The zero-order chi connectivity index (χ0) is 25.2. The van der Waals surface area contributed by atoms with E-state index in [0.717, 1.165) is 24.3 Å². The number of Topliss-reactive ketones (excluding diaryl/α,β-unsaturated/α-hetero) is 2. The van der Waals surface area contributed by atoms with Gasteiger partial charge in [0.1, 0.15) is 17.7 Å². The number of ketones is 2. The maximum atomic E-state index is 13.2. The van der Waals surface area contributed by atoms with Crippen LogP contribution < -0.4 is 0 Å². The Balaban J connectivity index is 1.53. The van der Waals surface area contributed by atoms with Crippen molar-refractivity contribution in [3.63, 3.8) is 0 Å². The number of carbonyl (C=O) groups is 3. The van der Waals surface area contributed by atoms with Crippen molar-refractivity contribution in [1.29, 1.82) is 0 Å². The number of cyclic esters (lactones) is 1. The zero-order valence-electron chi connectivity index (χ0n) is 18.9. The molecule has 0 amide bonds. The Morgan fingerprint density at radius 1 is 0.914 bits per heavy atom. The second-order valence-corrected chi connectivity index (χ2v) is 8.32. The van der Waals surface area contributed by atoms with Crippen molar-refractivity contribution in [1.82, 2.24) is 0 Å². The molecule has 2 heterocycles. The number of benzene rings is 2. The van der Waals surface area contributed by atoms with Crippen molar-refractivity contribution in [3.8, 4) is 0 Å². The smallest absolute Gasteiger partial charge is 0.378 e. The molecule has 8 nitrogen and oxygen atoms in total. The predicted molar refractivity (Wildman–Crippen MR) is 115 cm³/mol. The van der Waals surface area contributed by atoms with Crippen LogP contribution >= 0.6 is 0 Å². The minimum Gasteiger partial charge on any atom is -0.482 e. The second kappa shape index (κ2) is 9.93. The molecule has 10 heteroatoms. The van der Waals surface area contributed by atoms with Gasteiger partial charge in [-0.25, -0.2) is 13.6 Å². The number of halogens is 2. The van der Waals surface area contributed by atoms with Crippen molar-refractivity contribution >= 4 is 17.5 Å².